The highest BCUT2D eigenvalue weighted by atomic mass is 16.5. The van der Waals surface area contributed by atoms with Crippen LogP contribution >= 0.6 is 0 Å². The molecule has 2 heterocycles. The lowest BCUT2D eigenvalue weighted by molar-refractivity contribution is -0.0147. The van der Waals surface area contributed by atoms with Crippen LogP contribution in [0.2, 0.25) is 0 Å². The highest BCUT2D eigenvalue weighted by Crippen LogP contribution is 2.30. The summed E-state index contributed by atoms with van der Waals surface area (Å²) in [5.74, 6) is 0. The predicted octanol–water partition coefficient (Wildman–Crippen LogP) is 3.49. The number of rotatable bonds is 5. The Morgan fingerprint density at radius 2 is 2.00 bits per heavy atom. The maximum absolute atomic E-state index is 9.38. The van der Waals surface area contributed by atoms with E-state index in [0.29, 0.717) is 5.56 Å². The number of pyridine rings is 1. The van der Waals surface area contributed by atoms with E-state index in [1.165, 1.54) is 5.56 Å². The van der Waals surface area contributed by atoms with Gasteiger partial charge in [-0.05, 0) is 36.8 Å². The van der Waals surface area contributed by atoms with Crippen LogP contribution in [0.1, 0.15) is 18.1 Å². The Bertz CT molecular complexity index is 983. The van der Waals surface area contributed by atoms with Crippen molar-refractivity contribution in [3.63, 3.8) is 0 Å². The maximum atomic E-state index is 9.38. The van der Waals surface area contributed by atoms with Crippen molar-refractivity contribution in [2.45, 2.75) is 25.7 Å². The average Bonchev–Trinajstić information content (AvgIpc) is 2.73. The Kier molecular flexibility index (Phi) is 5.52. The molecule has 5 nitrogen and oxygen atoms in total. The lowest BCUT2D eigenvalue weighted by Gasteiger charge is -2.38. The van der Waals surface area contributed by atoms with Crippen molar-refractivity contribution in [3.8, 4) is 6.07 Å². The minimum absolute atomic E-state index is 0.106. The van der Waals surface area contributed by atoms with E-state index >= 15 is 0 Å². The van der Waals surface area contributed by atoms with Gasteiger partial charge in [-0.3, -0.25) is 4.98 Å². The van der Waals surface area contributed by atoms with E-state index in [4.69, 9.17) is 4.74 Å². The second-order valence-electron chi connectivity index (χ2n) is 7.23. The van der Waals surface area contributed by atoms with Gasteiger partial charge in [-0.2, -0.15) is 5.26 Å². The third-order valence-electron chi connectivity index (χ3n) is 5.08. The highest BCUT2D eigenvalue weighted by Gasteiger charge is 2.26. The summed E-state index contributed by atoms with van der Waals surface area (Å²) in [7, 11) is 0. The number of hydrogen-bond acceptors (Lipinski definition) is 5. The van der Waals surface area contributed by atoms with Crippen molar-refractivity contribution >= 4 is 16.6 Å². The number of fused-ring (bicyclic) bond motifs is 1. The monoisotopic (exact) mass is 372 g/mol. The van der Waals surface area contributed by atoms with Gasteiger partial charge in [0, 0.05) is 43.4 Å². The van der Waals surface area contributed by atoms with E-state index in [0.717, 1.165) is 42.8 Å². The number of morpholine rings is 1. The Morgan fingerprint density at radius 3 is 2.82 bits per heavy atom. The molecule has 1 N–H and O–H groups in total. The molecule has 4 rings (SSSR count). The summed E-state index contributed by atoms with van der Waals surface area (Å²) in [5, 5.41) is 13.9. The standard InChI is InChI=1S/C23H24N4O/c1-17-15-27(16-20(28-17)14-25-13-18-6-3-2-4-7-18)22-10-9-19(12-24)23-21(22)8-5-11-26-23/h2-11,17,20,25H,13-16H2,1H3/t17-,20+/m1/s1. The fourth-order valence-corrected chi connectivity index (χ4v) is 3.85. The van der Waals surface area contributed by atoms with Gasteiger partial charge in [0.1, 0.15) is 6.07 Å². The average molecular weight is 372 g/mol. The molecule has 0 unspecified atom stereocenters. The number of aromatic nitrogens is 1. The third-order valence-corrected chi connectivity index (χ3v) is 5.08. The molecule has 2 atom stereocenters. The quantitative estimate of drug-likeness (QED) is 0.743. The summed E-state index contributed by atoms with van der Waals surface area (Å²) in [6.07, 6.45) is 1.99. The summed E-state index contributed by atoms with van der Waals surface area (Å²) in [6.45, 7) is 5.37. The molecule has 3 aromatic rings. The molecule has 0 bridgehead atoms. The lowest BCUT2D eigenvalue weighted by atomic mass is 10.1. The molecule has 2 aromatic carbocycles. The van der Waals surface area contributed by atoms with Crippen LogP contribution in [0.5, 0.6) is 0 Å². The van der Waals surface area contributed by atoms with Crippen molar-refractivity contribution in [1.29, 1.82) is 5.26 Å². The van der Waals surface area contributed by atoms with Crippen molar-refractivity contribution in [2.24, 2.45) is 0 Å². The topological polar surface area (TPSA) is 61.2 Å². The molecule has 0 aliphatic carbocycles. The number of benzene rings is 2. The maximum Gasteiger partial charge on any atom is 0.101 e. The van der Waals surface area contributed by atoms with Gasteiger partial charge < -0.3 is 15.0 Å². The Balaban J connectivity index is 1.49. The van der Waals surface area contributed by atoms with E-state index in [-0.39, 0.29) is 12.2 Å². The molecule has 1 aromatic heterocycles. The second-order valence-corrected chi connectivity index (χ2v) is 7.23. The molecular formula is C23H24N4O. The summed E-state index contributed by atoms with van der Waals surface area (Å²) < 4.78 is 6.16. The van der Waals surface area contributed by atoms with Gasteiger partial charge >= 0.3 is 0 Å². The van der Waals surface area contributed by atoms with Crippen molar-refractivity contribution in [1.82, 2.24) is 10.3 Å². The zero-order valence-corrected chi connectivity index (χ0v) is 16.0. The van der Waals surface area contributed by atoms with Crippen LogP contribution < -0.4 is 10.2 Å². The Hall–Kier alpha value is -2.94. The molecule has 0 saturated carbocycles. The zero-order chi connectivity index (χ0) is 19.3. The lowest BCUT2D eigenvalue weighted by Crippen LogP contribution is -2.50. The highest BCUT2D eigenvalue weighted by molar-refractivity contribution is 5.95. The van der Waals surface area contributed by atoms with E-state index in [1.807, 2.05) is 30.3 Å². The van der Waals surface area contributed by atoms with Crippen molar-refractivity contribution < 1.29 is 4.74 Å². The van der Waals surface area contributed by atoms with Crippen LogP contribution in [0.4, 0.5) is 5.69 Å². The normalized spacial score (nSPS) is 19.5. The first-order valence-corrected chi connectivity index (χ1v) is 9.67. The van der Waals surface area contributed by atoms with Crippen LogP contribution in [0.15, 0.2) is 60.8 Å². The van der Waals surface area contributed by atoms with Gasteiger partial charge in [0.25, 0.3) is 0 Å². The van der Waals surface area contributed by atoms with Crippen LogP contribution in [0, 0.1) is 11.3 Å². The summed E-state index contributed by atoms with van der Waals surface area (Å²) >= 11 is 0. The predicted molar refractivity (Wildman–Crippen MR) is 111 cm³/mol. The molecule has 0 spiro atoms. The second kappa shape index (κ2) is 8.39. The van der Waals surface area contributed by atoms with Crippen molar-refractivity contribution in [2.75, 3.05) is 24.5 Å². The van der Waals surface area contributed by atoms with Gasteiger partial charge in [-0.1, -0.05) is 30.3 Å². The van der Waals surface area contributed by atoms with Crippen LogP contribution in [0.3, 0.4) is 0 Å². The summed E-state index contributed by atoms with van der Waals surface area (Å²) in [6, 6.07) is 20.5. The minimum atomic E-state index is 0.106. The smallest absolute Gasteiger partial charge is 0.101 e. The van der Waals surface area contributed by atoms with E-state index in [9.17, 15) is 5.26 Å². The van der Waals surface area contributed by atoms with Crippen LogP contribution in [-0.4, -0.2) is 36.8 Å². The van der Waals surface area contributed by atoms with Gasteiger partial charge in [0.2, 0.25) is 0 Å². The SMILES string of the molecule is C[C@@H]1CN(c2ccc(C#N)c3ncccc23)C[C@H](CNCc2ccccc2)O1. The largest absolute Gasteiger partial charge is 0.370 e. The van der Waals surface area contributed by atoms with Crippen LogP contribution in [0.25, 0.3) is 10.9 Å². The van der Waals surface area contributed by atoms with Gasteiger partial charge in [0.05, 0.1) is 23.3 Å². The summed E-state index contributed by atoms with van der Waals surface area (Å²) in [4.78, 5) is 6.79. The van der Waals surface area contributed by atoms with E-state index < -0.39 is 0 Å². The molecule has 0 amide bonds. The summed E-state index contributed by atoms with van der Waals surface area (Å²) in [5.41, 5.74) is 3.76. The number of nitrogens with one attached hydrogen (secondary N) is 1. The van der Waals surface area contributed by atoms with Gasteiger partial charge in [0.15, 0.2) is 0 Å². The Labute approximate surface area is 165 Å². The number of hydrogen-bond donors (Lipinski definition) is 1. The van der Waals surface area contributed by atoms with E-state index in [2.05, 4.69) is 52.5 Å². The fraction of sp³-hybridized carbons (Fsp3) is 0.304. The van der Waals surface area contributed by atoms with E-state index in [1.54, 1.807) is 6.20 Å². The number of ether oxygens (including phenoxy) is 1. The third kappa shape index (κ3) is 3.99. The first-order valence-electron chi connectivity index (χ1n) is 9.67. The first kappa shape index (κ1) is 18.4. The van der Waals surface area contributed by atoms with Gasteiger partial charge in [-0.15, -0.1) is 0 Å². The molecule has 1 saturated heterocycles. The molecule has 28 heavy (non-hydrogen) atoms. The molecule has 1 aliphatic heterocycles. The number of nitrogens with zero attached hydrogens (tertiary/aromatic N) is 3. The molecule has 5 heteroatoms. The molecule has 142 valence electrons. The van der Waals surface area contributed by atoms with Crippen molar-refractivity contribution in [3.05, 3.63) is 71.9 Å². The molecule has 1 aliphatic rings. The van der Waals surface area contributed by atoms with Crippen LogP contribution in [-0.2, 0) is 11.3 Å². The Morgan fingerprint density at radius 1 is 1.14 bits per heavy atom. The fourth-order valence-electron chi connectivity index (χ4n) is 3.85. The number of nitriles is 1. The number of anilines is 1. The molecule has 1 fully saturated rings. The van der Waals surface area contributed by atoms with Gasteiger partial charge in [-0.25, -0.2) is 0 Å². The molecular weight excluding hydrogens is 348 g/mol. The zero-order valence-electron chi connectivity index (χ0n) is 16.0. The first-order chi connectivity index (χ1) is 13.7. The minimum Gasteiger partial charge on any atom is -0.370 e. The molecule has 0 radical (unpaired) electrons.